The highest BCUT2D eigenvalue weighted by Gasteiger charge is 2.04. The van der Waals surface area contributed by atoms with Crippen molar-refractivity contribution >= 4 is 23.8 Å². The Morgan fingerprint density at radius 3 is 1.16 bits per heavy atom. The van der Waals surface area contributed by atoms with Gasteiger partial charge in [-0.3, -0.25) is 9.98 Å². The molecular weight excluding hydrogens is 468 g/mol. The number of rotatable bonds is 7. The van der Waals surface area contributed by atoms with Crippen LogP contribution in [0.15, 0.2) is 152 Å². The zero-order valence-corrected chi connectivity index (χ0v) is 20.6. The second kappa shape index (κ2) is 10.8. The maximum absolute atomic E-state index is 5.90. The first-order valence-electron chi connectivity index (χ1n) is 12.4. The van der Waals surface area contributed by atoms with E-state index in [-0.39, 0.29) is 0 Å². The molecular formula is C34H24N2O2. The van der Waals surface area contributed by atoms with Crippen LogP contribution < -0.4 is 0 Å². The minimum absolute atomic E-state index is 0.718. The molecule has 2 aromatic heterocycles. The van der Waals surface area contributed by atoms with E-state index < -0.39 is 0 Å². The summed E-state index contributed by atoms with van der Waals surface area (Å²) in [6, 6.07) is 44.1. The zero-order valence-electron chi connectivity index (χ0n) is 20.6. The highest BCUT2D eigenvalue weighted by molar-refractivity contribution is 5.81. The van der Waals surface area contributed by atoms with Crippen molar-refractivity contribution in [2.75, 3.05) is 0 Å². The molecule has 4 nitrogen and oxygen atoms in total. The molecule has 0 aliphatic rings. The summed E-state index contributed by atoms with van der Waals surface area (Å²) in [5.74, 6) is 3.09. The Balaban J connectivity index is 1.09. The molecule has 0 atom stereocenters. The number of nitrogens with zero attached hydrogens (tertiary/aromatic N) is 2. The minimum atomic E-state index is 0.718. The second-order valence-electron chi connectivity index (χ2n) is 8.75. The molecule has 0 fully saturated rings. The van der Waals surface area contributed by atoms with Crippen LogP contribution in [0, 0.1) is 0 Å². The van der Waals surface area contributed by atoms with Crippen molar-refractivity contribution in [3.63, 3.8) is 0 Å². The van der Waals surface area contributed by atoms with Gasteiger partial charge in [-0.25, -0.2) is 0 Å². The Morgan fingerprint density at radius 1 is 0.368 bits per heavy atom. The van der Waals surface area contributed by atoms with Crippen LogP contribution in [0.25, 0.3) is 33.8 Å². The average Bonchev–Trinajstić information content (AvgIpc) is 3.67. The predicted octanol–water partition coefficient (Wildman–Crippen LogP) is 9.37. The molecule has 0 amide bonds. The number of aliphatic imine (C=N–C) groups is 2. The van der Waals surface area contributed by atoms with Crippen LogP contribution >= 0.6 is 0 Å². The molecule has 0 aliphatic carbocycles. The fourth-order valence-corrected chi connectivity index (χ4v) is 4.12. The maximum Gasteiger partial charge on any atom is 0.145 e. The topological polar surface area (TPSA) is 51.0 Å². The molecule has 182 valence electrons. The Kier molecular flexibility index (Phi) is 6.60. The molecule has 0 saturated heterocycles. The summed E-state index contributed by atoms with van der Waals surface area (Å²) in [4.78, 5) is 9.12. The summed E-state index contributed by atoms with van der Waals surface area (Å²) in [6.07, 6.45) is 3.49. The second-order valence-corrected chi connectivity index (χ2v) is 8.75. The highest BCUT2D eigenvalue weighted by Crippen LogP contribution is 2.26. The van der Waals surface area contributed by atoms with Gasteiger partial charge in [-0.2, -0.15) is 0 Å². The molecule has 0 unspecified atom stereocenters. The van der Waals surface area contributed by atoms with Crippen LogP contribution in [0.5, 0.6) is 0 Å². The van der Waals surface area contributed by atoms with Crippen LogP contribution in [0.1, 0.15) is 11.5 Å². The molecule has 0 N–H and O–H groups in total. The van der Waals surface area contributed by atoms with E-state index in [2.05, 4.69) is 34.3 Å². The van der Waals surface area contributed by atoms with Crippen LogP contribution in [-0.2, 0) is 0 Å². The Labute approximate surface area is 221 Å². The lowest BCUT2D eigenvalue weighted by Crippen LogP contribution is -1.79. The van der Waals surface area contributed by atoms with E-state index in [4.69, 9.17) is 8.83 Å². The van der Waals surface area contributed by atoms with Crippen LogP contribution in [0.4, 0.5) is 11.4 Å². The molecule has 2 heterocycles. The molecule has 0 spiro atoms. The zero-order chi connectivity index (χ0) is 25.6. The van der Waals surface area contributed by atoms with E-state index in [1.165, 1.54) is 0 Å². The minimum Gasteiger partial charge on any atom is -0.455 e. The highest BCUT2D eigenvalue weighted by atomic mass is 16.3. The molecule has 0 aliphatic heterocycles. The number of furan rings is 2. The van der Waals surface area contributed by atoms with Crippen molar-refractivity contribution < 1.29 is 8.83 Å². The molecule has 0 bridgehead atoms. The number of benzene rings is 4. The van der Waals surface area contributed by atoms with E-state index in [0.717, 1.165) is 56.7 Å². The summed E-state index contributed by atoms with van der Waals surface area (Å²) in [5.41, 5.74) is 6.05. The monoisotopic (exact) mass is 492 g/mol. The molecule has 4 heteroatoms. The van der Waals surface area contributed by atoms with Gasteiger partial charge in [0, 0.05) is 11.1 Å². The lowest BCUT2D eigenvalue weighted by atomic mass is 10.1. The van der Waals surface area contributed by atoms with Crippen molar-refractivity contribution in [1.82, 2.24) is 0 Å². The Hall–Kier alpha value is -5.22. The summed E-state index contributed by atoms with van der Waals surface area (Å²) in [5, 5.41) is 0. The van der Waals surface area contributed by atoms with Gasteiger partial charge in [-0.1, -0.05) is 84.9 Å². The normalized spacial score (nSPS) is 11.5. The lowest BCUT2D eigenvalue weighted by molar-refractivity contribution is 0.575. The Morgan fingerprint density at radius 2 is 0.763 bits per heavy atom. The van der Waals surface area contributed by atoms with Gasteiger partial charge in [-0.05, 0) is 59.7 Å². The largest absolute Gasteiger partial charge is 0.455 e. The van der Waals surface area contributed by atoms with Gasteiger partial charge in [0.05, 0.1) is 23.8 Å². The molecule has 6 rings (SSSR count). The van der Waals surface area contributed by atoms with Gasteiger partial charge in [-0.15, -0.1) is 0 Å². The average molecular weight is 493 g/mol. The van der Waals surface area contributed by atoms with Crippen LogP contribution in [-0.4, -0.2) is 12.4 Å². The first kappa shape index (κ1) is 23.2. The van der Waals surface area contributed by atoms with E-state index in [1.54, 1.807) is 12.4 Å². The van der Waals surface area contributed by atoms with Gasteiger partial charge < -0.3 is 8.83 Å². The van der Waals surface area contributed by atoms with Crippen molar-refractivity contribution in [2.24, 2.45) is 9.98 Å². The van der Waals surface area contributed by atoms with Crippen LogP contribution in [0.2, 0.25) is 0 Å². The third kappa shape index (κ3) is 5.45. The van der Waals surface area contributed by atoms with Gasteiger partial charge in [0.1, 0.15) is 23.0 Å². The quantitative estimate of drug-likeness (QED) is 0.208. The fraction of sp³-hybridized carbons (Fsp3) is 0. The standard InChI is InChI=1S/C34H24N2O2/c1-3-7-27(8-4-1)33-21-19-31(37-33)23-35-29-15-11-25(12-16-29)26-13-17-30(18-14-26)36-24-32-20-22-34(38-32)28-9-5-2-6-10-28/h1-24H. The maximum atomic E-state index is 5.90. The van der Waals surface area contributed by atoms with Gasteiger partial charge >= 0.3 is 0 Å². The smallest absolute Gasteiger partial charge is 0.145 e. The van der Waals surface area contributed by atoms with E-state index in [9.17, 15) is 0 Å². The van der Waals surface area contributed by atoms with Crippen LogP contribution in [0.3, 0.4) is 0 Å². The SMILES string of the molecule is C(=Nc1ccc(-c2ccc(N=Cc3ccc(-c4ccccc4)o3)cc2)cc1)c1ccc(-c2ccccc2)o1. The lowest BCUT2D eigenvalue weighted by Gasteiger charge is -2.03. The molecule has 0 radical (unpaired) electrons. The summed E-state index contributed by atoms with van der Waals surface area (Å²) < 4.78 is 11.8. The van der Waals surface area contributed by atoms with Crippen molar-refractivity contribution in [3.8, 4) is 33.8 Å². The third-order valence-corrected chi connectivity index (χ3v) is 6.12. The third-order valence-electron chi connectivity index (χ3n) is 6.12. The summed E-state index contributed by atoms with van der Waals surface area (Å²) in [6.45, 7) is 0. The summed E-state index contributed by atoms with van der Waals surface area (Å²) in [7, 11) is 0. The van der Waals surface area contributed by atoms with Gasteiger partial charge in [0.15, 0.2) is 0 Å². The molecule has 4 aromatic carbocycles. The fourth-order valence-electron chi connectivity index (χ4n) is 4.12. The first-order chi connectivity index (χ1) is 18.8. The molecule has 6 aromatic rings. The van der Waals surface area contributed by atoms with E-state index in [0.29, 0.717) is 0 Å². The number of hydrogen-bond donors (Lipinski definition) is 0. The van der Waals surface area contributed by atoms with E-state index in [1.807, 2.05) is 109 Å². The van der Waals surface area contributed by atoms with Crippen molar-refractivity contribution in [3.05, 3.63) is 145 Å². The van der Waals surface area contributed by atoms with E-state index >= 15 is 0 Å². The Bertz CT molecular complexity index is 1550. The summed E-state index contributed by atoms with van der Waals surface area (Å²) >= 11 is 0. The van der Waals surface area contributed by atoms with Crippen molar-refractivity contribution in [1.29, 1.82) is 0 Å². The van der Waals surface area contributed by atoms with Gasteiger partial charge in [0.25, 0.3) is 0 Å². The number of hydrogen-bond acceptors (Lipinski definition) is 4. The predicted molar refractivity (Wildman–Crippen MR) is 155 cm³/mol. The first-order valence-corrected chi connectivity index (χ1v) is 12.4. The molecule has 38 heavy (non-hydrogen) atoms. The van der Waals surface area contributed by atoms with Crippen molar-refractivity contribution in [2.45, 2.75) is 0 Å². The molecule has 0 saturated carbocycles. The van der Waals surface area contributed by atoms with Gasteiger partial charge in [0.2, 0.25) is 0 Å².